The molecule has 3 aromatic carbocycles. The molecular weight excluding hydrogens is 352 g/mol. The Morgan fingerprint density at radius 1 is 0.929 bits per heavy atom. The van der Waals surface area contributed by atoms with Gasteiger partial charge in [-0.2, -0.15) is 0 Å². The van der Waals surface area contributed by atoms with Crippen molar-refractivity contribution in [1.82, 2.24) is 0 Å². The van der Waals surface area contributed by atoms with Gasteiger partial charge in [-0.25, -0.2) is 4.79 Å². The lowest BCUT2D eigenvalue weighted by Crippen LogP contribution is -2.14. The molecule has 3 rings (SSSR count). The van der Waals surface area contributed by atoms with Crippen LogP contribution in [0.2, 0.25) is 0 Å². The third-order valence-corrected chi connectivity index (χ3v) is 4.29. The second kappa shape index (κ2) is 8.79. The molecule has 0 bridgehead atoms. The molecule has 0 fully saturated rings. The number of amides is 1. The van der Waals surface area contributed by atoms with Crippen LogP contribution < -0.4 is 11.1 Å². The molecule has 0 unspecified atom stereocenters. The first-order valence-electron chi connectivity index (χ1n) is 8.78. The highest BCUT2D eigenvalue weighted by Crippen LogP contribution is 2.21. The zero-order valence-corrected chi connectivity index (χ0v) is 15.1. The Morgan fingerprint density at radius 2 is 1.64 bits per heavy atom. The highest BCUT2D eigenvalue weighted by Gasteiger charge is 2.14. The van der Waals surface area contributed by atoms with E-state index in [1.807, 2.05) is 42.5 Å². The fourth-order valence-electron chi connectivity index (χ4n) is 2.81. The first kappa shape index (κ1) is 19.1. The molecule has 4 N–H and O–H groups in total. The molecule has 0 saturated carbocycles. The molecule has 0 saturated heterocycles. The van der Waals surface area contributed by atoms with Gasteiger partial charge in [-0.3, -0.25) is 4.79 Å². The molecule has 0 radical (unpaired) electrons. The van der Waals surface area contributed by atoms with Crippen molar-refractivity contribution in [2.24, 2.45) is 5.73 Å². The maximum atomic E-state index is 12.4. The Labute approximate surface area is 163 Å². The van der Waals surface area contributed by atoms with Crippen molar-refractivity contribution in [2.45, 2.75) is 6.54 Å². The number of nitrogens with two attached hydrogens (primary N) is 1. The molecule has 0 heterocycles. The SMILES string of the molecule is NCc1ccccc1/C=C/c1ccc(C(=O)O)c(NC(=O)c2ccccc2)c1. The normalized spacial score (nSPS) is 10.8. The smallest absolute Gasteiger partial charge is 0.337 e. The van der Waals surface area contributed by atoms with E-state index in [2.05, 4.69) is 5.32 Å². The Hall–Kier alpha value is -3.70. The van der Waals surface area contributed by atoms with Gasteiger partial charge in [0.05, 0.1) is 11.3 Å². The zero-order chi connectivity index (χ0) is 19.9. The van der Waals surface area contributed by atoms with Crippen LogP contribution >= 0.6 is 0 Å². The van der Waals surface area contributed by atoms with Crippen LogP contribution in [-0.4, -0.2) is 17.0 Å². The summed E-state index contributed by atoms with van der Waals surface area (Å²) in [6.07, 6.45) is 3.78. The number of aromatic carboxylic acids is 1. The number of benzene rings is 3. The van der Waals surface area contributed by atoms with E-state index in [1.54, 1.807) is 36.4 Å². The number of hydrogen-bond acceptors (Lipinski definition) is 3. The first-order chi connectivity index (χ1) is 13.6. The van der Waals surface area contributed by atoms with Crippen molar-refractivity contribution in [3.63, 3.8) is 0 Å². The first-order valence-corrected chi connectivity index (χ1v) is 8.78. The fourth-order valence-corrected chi connectivity index (χ4v) is 2.81. The third-order valence-electron chi connectivity index (χ3n) is 4.29. The Balaban J connectivity index is 1.90. The fraction of sp³-hybridized carbons (Fsp3) is 0.0435. The van der Waals surface area contributed by atoms with Gasteiger partial charge in [-0.15, -0.1) is 0 Å². The van der Waals surface area contributed by atoms with Crippen LogP contribution in [0.3, 0.4) is 0 Å². The monoisotopic (exact) mass is 372 g/mol. The van der Waals surface area contributed by atoms with Gasteiger partial charge >= 0.3 is 5.97 Å². The minimum absolute atomic E-state index is 0.0313. The molecule has 28 heavy (non-hydrogen) atoms. The predicted octanol–water partition coefficient (Wildman–Crippen LogP) is 4.27. The number of carbonyl (C=O) groups excluding carboxylic acids is 1. The summed E-state index contributed by atoms with van der Waals surface area (Å²) in [5, 5.41) is 12.1. The zero-order valence-electron chi connectivity index (χ0n) is 15.1. The lowest BCUT2D eigenvalue weighted by Gasteiger charge is -2.10. The quantitative estimate of drug-likeness (QED) is 0.564. The van der Waals surface area contributed by atoms with Crippen molar-refractivity contribution in [3.05, 3.63) is 101 Å². The molecule has 5 nitrogen and oxygen atoms in total. The standard InChI is InChI=1S/C23H20N2O3/c24-15-19-9-5-4-6-17(19)12-10-16-11-13-20(23(27)28)21(14-16)25-22(26)18-7-2-1-3-8-18/h1-14H,15,24H2,(H,25,26)(H,27,28)/b12-10+. The van der Waals surface area contributed by atoms with Crippen molar-refractivity contribution in [1.29, 1.82) is 0 Å². The van der Waals surface area contributed by atoms with Gasteiger partial charge in [-0.1, -0.05) is 60.7 Å². The highest BCUT2D eigenvalue weighted by atomic mass is 16.4. The summed E-state index contributed by atoms with van der Waals surface area (Å²) in [6, 6.07) is 21.3. The average Bonchev–Trinajstić information content (AvgIpc) is 2.73. The second-order valence-electron chi connectivity index (χ2n) is 6.17. The van der Waals surface area contributed by atoms with Crippen LogP contribution in [0.25, 0.3) is 12.2 Å². The molecule has 3 aromatic rings. The van der Waals surface area contributed by atoms with Gasteiger partial charge in [0.15, 0.2) is 0 Å². The van der Waals surface area contributed by atoms with Crippen LogP contribution in [0.15, 0.2) is 72.8 Å². The van der Waals surface area contributed by atoms with E-state index in [4.69, 9.17) is 5.73 Å². The lowest BCUT2D eigenvalue weighted by molar-refractivity contribution is 0.0698. The summed E-state index contributed by atoms with van der Waals surface area (Å²) in [6.45, 7) is 0.427. The molecule has 0 aliphatic carbocycles. The Kier molecular flexibility index (Phi) is 5.99. The van der Waals surface area contributed by atoms with Crippen LogP contribution in [-0.2, 0) is 6.54 Å². The predicted molar refractivity (Wildman–Crippen MR) is 111 cm³/mol. The number of carbonyl (C=O) groups is 2. The van der Waals surface area contributed by atoms with Gasteiger partial charge < -0.3 is 16.2 Å². The van der Waals surface area contributed by atoms with Crippen molar-refractivity contribution in [2.75, 3.05) is 5.32 Å². The maximum Gasteiger partial charge on any atom is 0.337 e. The summed E-state index contributed by atoms with van der Waals surface area (Å²) < 4.78 is 0. The average molecular weight is 372 g/mol. The molecule has 0 aromatic heterocycles. The number of rotatable bonds is 6. The summed E-state index contributed by atoms with van der Waals surface area (Å²) >= 11 is 0. The molecule has 5 heteroatoms. The highest BCUT2D eigenvalue weighted by molar-refractivity contribution is 6.08. The summed E-state index contributed by atoms with van der Waals surface area (Å²) in [4.78, 5) is 24.0. The molecular formula is C23H20N2O3. The van der Waals surface area contributed by atoms with Gasteiger partial charge in [0, 0.05) is 12.1 Å². The van der Waals surface area contributed by atoms with Gasteiger partial charge in [0.25, 0.3) is 5.91 Å². The van der Waals surface area contributed by atoms with E-state index >= 15 is 0 Å². The van der Waals surface area contributed by atoms with Gasteiger partial charge in [0.1, 0.15) is 0 Å². The number of anilines is 1. The summed E-state index contributed by atoms with van der Waals surface area (Å²) in [5.74, 6) is -1.47. The van der Waals surface area contributed by atoms with Gasteiger partial charge in [0.2, 0.25) is 0 Å². The number of carboxylic acids is 1. The van der Waals surface area contributed by atoms with E-state index in [1.165, 1.54) is 6.07 Å². The van der Waals surface area contributed by atoms with E-state index in [-0.39, 0.29) is 17.2 Å². The van der Waals surface area contributed by atoms with Crippen molar-refractivity contribution in [3.8, 4) is 0 Å². The minimum Gasteiger partial charge on any atom is -0.478 e. The number of carboxylic acid groups (broad SMARTS) is 1. The van der Waals surface area contributed by atoms with Crippen LogP contribution in [0.1, 0.15) is 37.4 Å². The summed E-state index contributed by atoms with van der Waals surface area (Å²) in [7, 11) is 0. The Morgan fingerprint density at radius 3 is 2.36 bits per heavy atom. The van der Waals surface area contributed by atoms with Gasteiger partial charge in [-0.05, 0) is 41.0 Å². The van der Waals surface area contributed by atoms with E-state index in [0.29, 0.717) is 12.1 Å². The molecule has 0 aliphatic heterocycles. The van der Waals surface area contributed by atoms with E-state index in [9.17, 15) is 14.7 Å². The minimum atomic E-state index is -1.10. The number of hydrogen-bond donors (Lipinski definition) is 3. The van der Waals surface area contributed by atoms with Crippen LogP contribution in [0.5, 0.6) is 0 Å². The summed E-state index contributed by atoms with van der Waals surface area (Å²) in [5.41, 5.74) is 9.26. The molecule has 1 amide bonds. The van der Waals surface area contributed by atoms with Crippen molar-refractivity contribution < 1.29 is 14.7 Å². The topological polar surface area (TPSA) is 92.4 Å². The molecule has 0 spiro atoms. The van der Waals surface area contributed by atoms with E-state index in [0.717, 1.165) is 16.7 Å². The van der Waals surface area contributed by atoms with Crippen LogP contribution in [0.4, 0.5) is 5.69 Å². The lowest BCUT2D eigenvalue weighted by atomic mass is 10.0. The van der Waals surface area contributed by atoms with Crippen LogP contribution in [0, 0.1) is 0 Å². The number of nitrogens with one attached hydrogen (secondary N) is 1. The maximum absolute atomic E-state index is 12.4. The molecule has 0 aliphatic rings. The molecule has 140 valence electrons. The van der Waals surface area contributed by atoms with Crippen molar-refractivity contribution >= 4 is 29.7 Å². The Bertz CT molecular complexity index is 1030. The van der Waals surface area contributed by atoms with E-state index < -0.39 is 5.97 Å². The largest absolute Gasteiger partial charge is 0.478 e. The third kappa shape index (κ3) is 4.52. The second-order valence-corrected chi connectivity index (χ2v) is 6.17. The molecule has 0 atom stereocenters.